The van der Waals surface area contributed by atoms with E-state index < -0.39 is 0 Å². The first-order valence-electron chi connectivity index (χ1n) is 7.42. The van der Waals surface area contributed by atoms with Crippen molar-refractivity contribution in [1.82, 2.24) is 0 Å². The van der Waals surface area contributed by atoms with Crippen LogP contribution in [-0.2, 0) is 11.3 Å². The molecule has 0 aromatic heterocycles. The number of benzene rings is 2. The van der Waals surface area contributed by atoms with E-state index in [9.17, 15) is 0 Å². The number of anilines is 1. The Morgan fingerprint density at radius 1 is 1.05 bits per heavy atom. The molecule has 116 valence electrons. The Bertz CT molecular complexity index is 625. The first-order valence-corrected chi connectivity index (χ1v) is 7.42. The van der Waals surface area contributed by atoms with E-state index in [1.807, 2.05) is 36.4 Å². The Balaban J connectivity index is 1.54. The molecule has 0 saturated carbocycles. The zero-order valence-corrected chi connectivity index (χ0v) is 13.0. The molecule has 1 aliphatic rings. The molecular formula is C18H21NO3. The molecule has 22 heavy (non-hydrogen) atoms. The number of nitrogens with one attached hydrogen (secondary N) is 1. The minimum atomic E-state index is -0.178. The molecule has 2 aromatic carbocycles. The van der Waals surface area contributed by atoms with E-state index in [-0.39, 0.29) is 5.54 Å². The second-order valence-corrected chi connectivity index (χ2v) is 6.06. The highest BCUT2D eigenvalue weighted by molar-refractivity contribution is 5.56. The SMILES string of the molecule is CC(C)(COCc1ccccc1)Nc1ccc2c(c1)OCO2. The lowest BCUT2D eigenvalue weighted by atomic mass is 10.1. The molecule has 0 saturated heterocycles. The van der Waals surface area contributed by atoms with Crippen molar-refractivity contribution in [3.8, 4) is 11.5 Å². The van der Waals surface area contributed by atoms with Crippen LogP contribution in [-0.4, -0.2) is 18.9 Å². The summed E-state index contributed by atoms with van der Waals surface area (Å²) in [6.07, 6.45) is 0. The maximum atomic E-state index is 5.83. The number of rotatable bonds is 6. The lowest BCUT2D eigenvalue weighted by molar-refractivity contribution is 0.0913. The van der Waals surface area contributed by atoms with Gasteiger partial charge in [0.1, 0.15) is 0 Å². The smallest absolute Gasteiger partial charge is 0.231 e. The quantitative estimate of drug-likeness (QED) is 0.880. The predicted octanol–water partition coefficient (Wildman–Crippen LogP) is 3.82. The Morgan fingerprint density at radius 3 is 2.64 bits per heavy atom. The summed E-state index contributed by atoms with van der Waals surface area (Å²) in [5, 5.41) is 3.47. The molecule has 0 fully saturated rings. The number of ether oxygens (including phenoxy) is 3. The van der Waals surface area contributed by atoms with E-state index in [0.717, 1.165) is 17.2 Å². The highest BCUT2D eigenvalue weighted by Crippen LogP contribution is 2.34. The van der Waals surface area contributed by atoms with Gasteiger partial charge in [0.05, 0.1) is 18.8 Å². The zero-order chi connectivity index (χ0) is 15.4. The van der Waals surface area contributed by atoms with E-state index in [1.165, 1.54) is 5.56 Å². The van der Waals surface area contributed by atoms with E-state index >= 15 is 0 Å². The van der Waals surface area contributed by atoms with Crippen molar-refractivity contribution in [2.75, 3.05) is 18.7 Å². The Hall–Kier alpha value is -2.20. The van der Waals surface area contributed by atoms with Gasteiger partial charge in [0.15, 0.2) is 11.5 Å². The standard InChI is InChI=1S/C18H21NO3/c1-18(2,12-20-11-14-6-4-3-5-7-14)19-15-8-9-16-17(10-15)22-13-21-16/h3-10,19H,11-13H2,1-2H3. The van der Waals surface area contributed by atoms with Crippen molar-refractivity contribution in [2.45, 2.75) is 26.0 Å². The average molecular weight is 299 g/mol. The van der Waals surface area contributed by atoms with Crippen LogP contribution < -0.4 is 14.8 Å². The normalized spacial score (nSPS) is 13.2. The van der Waals surface area contributed by atoms with Gasteiger partial charge in [0, 0.05) is 11.8 Å². The average Bonchev–Trinajstić information content (AvgIpc) is 2.95. The first kappa shape index (κ1) is 14.7. The summed E-state index contributed by atoms with van der Waals surface area (Å²) in [5.41, 5.74) is 2.00. The van der Waals surface area contributed by atoms with Crippen LogP contribution in [0.5, 0.6) is 11.5 Å². The van der Waals surface area contributed by atoms with Gasteiger partial charge < -0.3 is 19.5 Å². The van der Waals surface area contributed by atoms with Gasteiger partial charge in [0.25, 0.3) is 0 Å². The fraction of sp³-hybridized carbons (Fsp3) is 0.333. The summed E-state index contributed by atoms with van der Waals surface area (Å²) >= 11 is 0. The third-order valence-electron chi connectivity index (χ3n) is 3.43. The van der Waals surface area contributed by atoms with Crippen molar-refractivity contribution in [3.63, 3.8) is 0 Å². The van der Waals surface area contributed by atoms with Gasteiger partial charge in [-0.05, 0) is 31.5 Å². The largest absolute Gasteiger partial charge is 0.454 e. The topological polar surface area (TPSA) is 39.7 Å². The fourth-order valence-corrected chi connectivity index (χ4v) is 2.40. The second-order valence-electron chi connectivity index (χ2n) is 6.06. The molecule has 1 aliphatic heterocycles. The minimum absolute atomic E-state index is 0.178. The van der Waals surface area contributed by atoms with Crippen LogP contribution in [0.4, 0.5) is 5.69 Å². The molecule has 1 N–H and O–H groups in total. The molecule has 0 spiro atoms. The van der Waals surface area contributed by atoms with Crippen LogP contribution in [0, 0.1) is 0 Å². The van der Waals surface area contributed by atoms with Crippen LogP contribution in [0.3, 0.4) is 0 Å². The maximum absolute atomic E-state index is 5.83. The number of hydrogen-bond acceptors (Lipinski definition) is 4. The van der Waals surface area contributed by atoms with Crippen molar-refractivity contribution in [1.29, 1.82) is 0 Å². The van der Waals surface area contributed by atoms with Crippen LogP contribution in [0.1, 0.15) is 19.4 Å². The third kappa shape index (κ3) is 3.71. The van der Waals surface area contributed by atoms with Gasteiger partial charge in [-0.15, -0.1) is 0 Å². The Kier molecular flexibility index (Phi) is 4.20. The highest BCUT2D eigenvalue weighted by atomic mass is 16.7. The molecule has 0 amide bonds. The molecule has 2 aromatic rings. The monoisotopic (exact) mass is 299 g/mol. The number of hydrogen-bond donors (Lipinski definition) is 1. The molecule has 0 unspecified atom stereocenters. The summed E-state index contributed by atoms with van der Waals surface area (Å²) in [6, 6.07) is 16.1. The van der Waals surface area contributed by atoms with Gasteiger partial charge in [-0.25, -0.2) is 0 Å². The Labute approximate surface area is 131 Å². The van der Waals surface area contributed by atoms with E-state index in [0.29, 0.717) is 20.0 Å². The van der Waals surface area contributed by atoms with Crippen molar-refractivity contribution >= 4 is 5.69 Å². The molecule has 0 bridgehead atoms. The highest BCUT2D eigenvalue weighted by Gasteiger charge is 2.20. The summed E-state index contributed by atoms with van der Waals surface area (Å²) in [4.78, 5) is 0. The fourth-order valence-electron chi connectivity index (χ4n) is 2.40. The van der Waals surface area contributed by atoms with Crippen LogP contribution in [0.25, 0.3) is 0 Å². The first-order chi connectivity index (χ1) is 10.6. The van der Waals surface area contributed by atoms with Gasteiger partial charge in [-0.1, -0.05) is 30.3 Å². The van der Waals surface area contributed by atoms with E-state index in [1.54, 1.807) is 0 Å². The molecule has 3 rings (SSSR count). The molecule has 0 aliphatic carbocycles. The molecule has 4 heteroatoms. The van der Waals surface area contributed by atoms with E-state index in [4.69, 9.17) is 14.2 Å². The van der Waals surface area contributed by atoms with E-state index in [2.05, 4.69) is 31.3 Å². The molecular weight excluding hydrogens is 278 g/mol. The van der Waals surface area contributed by atoms with Crippen molar-refractivity contribution < 1.29 is 14.2 Å². The van der Waals surface area contributed by atoms with Gasteiger partial charge >= 0.3 is 0 Å². The van der Waals surface area contributed by atoms with Crippen molar-refractivity contribution in [2.24, 2.45) is 0 Å². The lowest BCUT2D eigenvalue weighted by Crippen LogP contribution is -2.36. The van der Waals surface area contributed by atoms with Gasteiger partial charge in [0.2, 0.25) is 6.79 Å². The van der Waals surface area contributed by atoms with Crippen molar-refractivity contribution in [3.05, 3.63) is 54.1 Å². The summed E-state index contributed by atoms with van der Waals surface area (Å²) in [7, 11) is 0. The summed E-state index contributed by atoms with van der Waals surface area (Å²) in [6.45, 7) is 5.75. The third-order valence-corrected chi connectivity index (χ3v) is 3.43. The maximum Gasteiger partial charge on any atom is 0.231 e. The molecule has 1 heterocycles. The lowest BCUT2D eigenvalue weighted by Gasteiger charge is -2.27. The van der Waals surface area contributed by atoms with Gasteiger partial charge in [-0.3, -0.25) is 0 Å². The molecule has 0 radical (unpaired) electrons. The van der Waals surface area contributed by atoms with Gasteiger partial charge in [-0.2, -0.15) is 0 Å². The minimum Gasteiger partial charge on any atom is -0.454 e. The molecule has 0 atom stereocenters. The second kappa shape index (κ2) is 6.28. The van der Waals surface area contributed by atoms with Crippen LogP contribution in [0.15, 0.2) is 48.5 Å². The Morgan fingerprint density at radius 2 is 1.82 bits per heavy atom. The predicted molar refractivity (Wildman–Crippen MR) is 86.4 cm³/mol. The summed E-state index contributed by atoms with van der Waals surface area (Å²) in [5.74, 6) is 1.58. The summed E-state index contributed by atoms with van der Waals surface area (Å²) < 4.78 is 16.6. The zero-order valence-electron chi connectivity index (χ0n) is 13.0. The molecule has 4 nitrogen and oxygen atoms in total. The van der Waals surface area contributed by atoms with Crippen LogP contribution in [0.2, 0.25) is 0 Å². The van der Waals surface area contributed by atoms with Crippen LogP contribution >= 0.6 is 0 Å². The number of fused-ring (bicyclic) bond motifs is 1.